The summed E-state index contributed by atoms with van der Waals surface area (Å²) >= 11 is 0. The lowest BCUT2D eigenvalue weighted by Crippen LogP contribution is -2.19. The first kappa shape index (κ1) is 14.7. The molecular formula is C15H29NO. The van der Waals surface area contributed by atoms with Gasteiger partial charge in [-0.3, -0.25) is 0 Å². The molecule has 1 rings (SSSR count). The Morgan fingerprint density at radius 2 is 1.88 bits per heavy atom. The first-order valence-corrected chi connectivity index (χ1v) is 7.55. The maximum Gasteiger partial charge on any atom is 0.108 e. The van der Waals surface area contributed by atoms with Crippen molar-refractivity contribution in [3.63, 3.8) is 0 Å². The lowest BCUT2D eigenvalue weighted by atomic mass is 9.92. The fraction of sp³-hybridized carbons (Fsp3) is 1.00. The van der Waals surface area contributed by atoms with Gasteiger partial charge >= 0.3 is 0 Å². The van der Waals surface area contributed by atoms with Crippen LogP contribution in [0.25, 0.3) is 0 Å². The second kappa shape index (κ2) is 7.13. The Kier molecular flexibility index (Phi) is 6.15. The summed E-state index contributed by atoms with van der Waals surface area (Å²) in [4.78, 5) is 11.1. The van der Waals surface area contributed by atoms with Crippen LogP contribution < -0.4 is 0 Å². The fourth-order valence-corrected chi connectivity index (χ4v) is 3.17. The minimum Gasteiger partial charge on any atom is -0.150 e. The summed E-state index contributed by atoms with van der Waals surface area (Å²) in [6, 6.07) is 0. The molecule has 100 valence electrons. The maximum atomic E-state index is 11.1. The number of nitrogens with zero attached hydrogens (tertiary/aromatic N) is 1. The highest BCUT2D eigenvalue weighted by Crippen LogP contribution is 2.55. The molecule has 2 heteroatoms. The van der Waals surface area contributed by atoms with Crippen molar-refractivity contribution in [2.24, 2.45) is 17.0 Å². The molecule has 0 N–H and O–H groups in total. The molecule has 0 heterocycles. The van der Waals surface area contributed by atoms with Crippen LogP contribution in [0, 0.1) is 16.7 Å². The van der Waals surface area contributed by atoms with Crippen LogP contribution in [-0.2, 0) is 0 Å². The third-order valence-corrected chi connectivity index (χ3v) is 4.52. The Morgan fingerprint density at radius 1 is 1.18 bits per heavy atom. The van der Waals surface area contributed by atoms with Crippen molar-refractivity contribution in [3.05, 3.63) is 4.91 Å². The lowest BCUT2D eigenvalue weighted by Gasteiger charge is -2.17. The van der Waals surface area contributed by atoms with Crippen LogP contribution in [0.5, 0.6) is 0 Å². The zero-order valence-corrected chi connectivity index (χ0v) is 11.9. The Bertz CT molecular complexity index is 229. The van der Waals surface area contributed by atoms with Gasteiger partial charge in [-0.25, -0.2) is 0 Å². The van der Waals surface area contributed by atoms with Gasteiger partial charge in [-0.05, 0) is 31.1 Å². The van der Waals surface area contributed by atoms with E-state index in [0.29, 0.717) is 11.8 Å². The van der Waals surface area contributed by atoms with E-state index in [1.807, 2.05) is 0 Å². The van der Waals surface area contributed by atoms with E-state index in [2.05, 4.69) is 25.9 Å². The molecular weight excluding hydrogens is 210 g/mol. The van der Waals surface area contributed by atoms with Crippen molar-refractivity contribution < 1.29 is 0 Å². The van der Waals surface area contributed by atoms with E-state index >= 15 is 0 Å². The molecule has 17 heavy (non-hydrogen) atoms. The summed E-state index contributed by atoms with van der Waals surface area (Å²) in [6.45, 7) is 6.65. The largest absolute Gasteiger partial charge is 0.150 e. The molecule has 2 nitrogen and oxygen atoms in total. The molecule has 0 aromatic rings. The molecule has 2 unspecified atom stereocenters. The molecule has 0 aromatic heterocycles. The summed E-state index contributed by atoms with van der Waals surface area (Å²) in [5.41, 5.74) is -0.166. The van der Waals surface area contributed by atoms with Gasteiger partial charge in [0.15, 0.2) is 0 Å². The molecule has 3 atom stereocenters. The second-order valence-electron chi connectivity index (χ2n) is 5.88. The van der Waals surface area contributed by atoms with E-state index in [1.54, 1.807) is 0 Å². The first-order valence-electron chi connectivity index (χ1n) is 7.55. The Labute approximate surface area is 107 Å². The average molecular weight is 239 g/mol. The predicted molar refractivity (Wildman–Crippen MR) is 74.1 cm³/mol. The van der Waals surface area contributed by atoms with Crippen LogP contribution in [0.4, 0.5) is 0 Å². The summed E-state index contributed by atoms with van der Waals surface area (Å²) in [5, 5.41) is 3.50. The molecule has 0 bridgehead atoms. The Morgan fingerprint density at radius 3 is 2.47 bits per heavy atom. The minimum atomic E-state index is -0.166. The standard InChI is InChI=1S/C15H29NO/c1-4-6-7-8-9-11-14-12-15(14,16-17)13(3)10-5-2/h13-14H,4-12H2,1-3H3/t13-,14?,15?/m1/s1. The van der Waals surface area contributed by atoms with Gasteiger partial charge in [-0.2, -0.15) is 4.91 Å². The summed E-state index contributed by atoms with van der Waals surface area (Å²) < 4.78 is 0. The van der Waals surface area contributed by atoms with Gasteiger partial charge in [0.25, 0.3) is 0 Å². The van der Waals surface area contributed by atoms with Crippen molar-refractivity contribution in [1.82, 2.24) is 0 Å². The molecule has 0 aromatic carbocycles. The van der Waals surface area contributed by atoms with Gasteiger partial charge in [0, 0.05) is 0 Å². The molecule has 0 radical (unpaired) electrons. The second-order valence-corrected chi connectivity index (χ2v) is 5.88. The van der Waals surface area contributed by atoms with Gasteiger partial charge < -0.3 is 0 Å². The quantitative estimate of drug-likeness (QED) is 0.375. The van der Waals surface area contributed by atoms with Crippen LogP contribution in [-0.4, -0.2) is 5.54 Å². The van der Waals surface area contributed by atoms with Crippen molar-refractivity contribution >= 4 is 0 Å². The highest BCUT2D eigenvalue weighted by molar-refractivity contribution is 5.12. The normalized spacial score (nSPS) is 29.0. The summed E-state index contributed by atoms with van der Waals surface area (Å²) in [5.74, 6) is 1.09. The van der Waals surface area contributed by atoms with E-state index in [-0.39, 0.29) is 5.54 Å². The number of nitroso groups, excluding NO2 is 1. The average Bonchev–Trinajstić information content (AvgIpc) is 3.04. The zero-order valence-electron chi connectivity index (χ0n) is 11.9. The van der Waals surface area contributed by atoms with Crippen molar-refractivity contribution in [1.29, 1.82) is 0 Å². The van der Waals surface area contributed by atoms with Crippen molar-refractivity contribution in [2.75, 3.05) is 0 Å². The van der Waals surface area contributed by atoms with E-state index < -0.39 is 0 Å². The first-order chi connectivity index (χ1) is 8.21. The van der Waals surface area contributed by atoms with E-state index in [9.17, 15) is 4.91 Å². The number of unbranched alkanes of at least 4 members (excludes halogenated alkanes) is 4. The van der Waals surface area contributed by atoms with Crippen LogP contribution in [0.15, 0.2) is 5.18 Å². The van der Waals surface area contributed by atoms with E-state index in [0.717, 1.165) is 12.8 Å². The van der Waals surface area contributed by atoms with Crippen LogP contribution in [0.3, 0.4) is 0 Å². The van der Waals surface area contributed by atoms with Gasteiger partial charge in [-0.15, -0.1) is 0 Å². The van der Waals surface area contributed by atoms with Crippen molar-refractivity contribution in [3.8, 4) is 0 Å². The summed E-state index contributed by atoms with van der Waals surface area (Å²) in [7, 11) is 0. The maximum absolute atomic E-state index is 11.1. The summed E-state index contributed by atoms with van der Waals surface area (Å²) in [6.07, 6.45) is 11.2. The third-order valence-electron chi connectivity index (χ3n) is 4.52. The fourth-order valence-electron chi connectivity index (χ4n) is 3.17. The minimum absolute atomic E-state index is 0.166. The predicted octanol–water partition coefficient (Wildman–Crippen LogP) is 5.31. The van der Waals surface area contributed by atoms with Gasteiger partial charge in [-0.1, -0.05) is 64.5 Å². The third kappa shape index (κ3) is 3.79. The molecule has 1 aliphatic rings. The van der Waals surface area contributed by atoms with Gasteiger partial charge in [0.05, 0.1) is 0 Å². The highest BCUT2D eigenvalue weighted by Gasteiger charge is 2.58. The van der Waals surface area contributed by atoms with E-state index in [4.69, 9.17) is 0 Å². The van der Waals surface area contributed by atoms with Crippen LogP contribution >= 0.6 is 0 Å². The smallest absolute Gasteiger partial charge is 0.108 e. The molecule has 0 aliphatic heterocycles. The van der Waals surface area contributed by atoms with Crippen molar-refractivity contribution in [2.45, 2.75) is 84.1 Å². The molecule has 0 saturated heterocycles. The SMILES string of the molecule is CCCCCCCC1CC1(N=O)[C@H](C)CCC. The molecule has 0 spiro atoms. The zero-order chi connectivity index (χ0) is 12.7. The Hall–Kier alpha value is -0.400. The van der Waals surface area contributed by atoms with Crippen LogP contribution in [0.2, 0.25) is 0 Å². The number of hydrogen-bond donors (Lipinski definition) is 0. The molecule has 1 aliphatic carbocycles. The number of rotatable bonds is 10. The number of hydrogen-bond acceptors (Lipinski definition) is 2. The van der Waals surface area contributed by atoms with Gasteiger partial charge in [0.2, 0.25) is 0 Å². The lowest BCUT2D eigenvalue weighted by molar-refractivity contribution is 0.368. The van der Waals surface area contributed by atoms with E-state index in [1.165, 1.54) is 44.9 Å². The van der Waals surface area contributed by atoms with Crippen LogP contribution in [0.1, 0.15) is 78.6 Å². The monoisotopic (exact) mass is 239 g/mol. The molecule has 1 fully saturated rings. The topological polar surface area (TPSA) is 29.4 Å². The van der Waals surface area contributed by atoms with Gasteiger partial charge in [0.1, 0.15) is 5.54 Å². The molecule has 1 saturated carbocycles. The Balaban J connectivity index is 2.21. The highest BCUT2D eigenvalue weighted by atomic mass is 16.3. The molecule has 0 amide bonds.